The molecule has 0 aliphatic heterocycles. The van der Waals surface area contributed by atoms with Gasteiger partial charge in [-0.15, -0.1) is 11.3 Å². The maximum absolute atomic E-state index is 12.5. The van der Waals surface area contributed by atoms with Crippen LogP contribution in [0.5, 0.6) is 0 Å². The normalized spacial score (nSPS) is 16.1. The number of rotatable bonds is 8. The van der Waals surface area contributed by atoms with E-state index in [1.165, 1.54) is 24.1 Å². The second kappa shape index (κ2) is 10.1. The molecule has 0 bridgehead atoms. The van der Waals surface area contributed by atoms with Crippen molar-refractivity contribution in [2.24, 2.45) is 11.8 Å². The van der Waals surface area contributed by atoms with E-state index in [0.29, 0.717) is 18.9 Å². The highest BCUT2D eigenvalue weighted by Gasteiger charge is 2.30. The fourth-order valence-electron chi connectivity index (χ4n) is 3.23. The monoisotopic (exact) mass is 347 g/mol. The fourth-order valence-corrected chi connectivity index (χ4v) is 3.94. The molecule has 0 radical (unpaired) electrons. The lowest BCUT2D eigenvalue weighted by Gasteiger charge is -2.25. The number of carbonyl (C=O) groups is 2. The summed E-state index contributed by atoms with van der Waals surface area (Å²) in [4.78, 5) is 26.0. The molecule has 1 aromatic heterocycles. The van der Waals surface area contributed by atoms with Crippen LogP contribution in [0.4, 0.5) is 0 Å². The van der Waals surface area contributed by atoms with Gasteiger partial charge < -0.3 is 10.6 Å². The van der Waals surface area contributed by atoms with Crippen LogP contribution < -0.4 is 10.6 Å². The zero-order valence-electron chi connectivity index (χ0n) is 13.9. The topological polar surface area (TPSA) is 82.0 Å². The van der Waals surface area contributed by atoms with E-state index >= 15 is 0 Å². The van der Waals surface area contributed by atoms with E-state index < -0.39 is 5.92 Å². The first-order chi connectivity index (χ1) is 11.7. The molecule has 2 rings (SSSR count). The number of nitrogens with zero attached hydrogens (tertiary/aromatic N) is 1. The third-order valence-electron chi connectivity index (χ3n) is 4.52. The highest BCUT2D eigenvalue weighted by Crippen LogP contribution is 2.29. The minimum absolute atomic E-state index is 0.0531. The van der Waals surface area contributed by atoms with E-state index in [0.717, 1.165) is 19.3 Å². The van der Waals surface area contributed by atoms with Gasteiger partial charge in [-0.3, -0.25) is 9.59 Å². The van der Waals surface area contributed by atoms with Crippen molar-refractivity contribution in [1.82, 2.24) is 10.6 Å². The predicted octanol–water partition coefficient (Wildman–Crippen LogP) is 2.63. The first-order valence-electron chi connectivity index (χ1n) is 8.65. The standard InChI is InChI=1S/C18H25N3O2S/c19-9-11-21-18(23)16(13-14-5-2-1-3-6-14)17(22)20-10-8-15-7-4-12-24-15/h4,7,12,14,16H,1-3,5-6,8,10-11,13H2,(H,20,22)(H,21,23). The van der Waals surface area contributed by atoms with Crippen LogP contribution in [-0.2, 0) is 16.0 Å². The maximum Gasteiger partial charge on any atom is 0.233 e. The molecule has 1 fully saturated rings. The van der Waals surface area contributed by atoms with Gasteiger partial charge in [0, 0.05) is 11.4 Å². The Morgan fingerprint density at radius 3 is 2.67 bits per heavy atom. The van der Waals surface area contributed by atoms with Crippen molar-refractivity contribution in [3.05, 3.63) is 22.4 Å². The van der Waals surface area contributed by atoms with Crippen LogP contribution in [0.3, 0.4) is 0 Å². The van der Waals surface area contributed by atoms with Crippen molar-refractivity contribution in [2.75, 3.05) is 13.1 Å². The molecule has 6 heteroatoms. The van der Waals surface area contributed by atoms with Gasteiger partial charge in [0.05, 0.1) is 6.07 Å². The van der Waals surface area contributed by atoms with Gasteiger partial charge in [-0.2, -0.15) is 5.26 Å². The molecule has 0 spiro atoms. The molecular weight excluding hydrogens is 322 g/mol. The number of nitrogens with one attached hydrogen (secondary N) is 2. The first-order valence-corrected chi connectivity index (χ1v) is 9.53. The molecule has 1 aliphatic rings. The van der Waals surface area contributed by atoms with Crippen molar-refractivity contribution < 1.29 is 9.59 Å². The lowest BCUT2D eigenvalue weighted by Crippen LogP contribution is -2.43. The first kappa shape index (κ1) is 18.5. The molecule has 1 heterocycles. The summed E-state index contributed by atoms with van der Waals surface area (Å²) in [5.74, 6) is -0.798. The van der Waals surface area contributed by atoms with Gasteiger partial charge in [-0.25, -0.2) is 0 Å². The molecule has 1 aromatic rings. The Morgan fingerprint density at radius 2 is 2.00 bits per heavy atom. The number of carbonyl (C=O) groups excluding carboxylic acids is 2. The van der Waals surface area contributed by atoms with E-state index in [-0.39, 0.29) is 18.4 Å². The molecule has 2 amide bonds. The van der Waals surface area contributed by atoms with E-state index in [1.807, 2.05) is 23.6 Å². The van der Waals surface area contributed by atoms with Crippen LogP contribution in [-0.4, -0.2) is 24.9 Å². The minimum atomic E-state index is -0.690. The molecule has 5 nitrogen and oxygen atoms in total. The molecule has 1 saturated carbocycles. The Morgan fingerprint density at radius 1 is 1.25 bits per heavy atom. The summed E-state index contributed by atoms with van der Waals surface area (Å²) >= 11 is 1.66. The zero-order valence-corrected chi connectivity index (χ0v) is 14.7. The summed E-state index contributed by atoms with van der Waals surface area (Å²) in [6, 6.07) is 5.92. The van der Waals surface area contributed by atoms with Crippen molar-refractivity contribution in [3.8, 4) is 6.07 Å². The average Bonchev–Trinajstić information content (AvgIpc) is 3.11. The van der Waals surface area contributed by atoms with E-state index in [4.69, 9.17) is 5.26 Å². The number of thiophene rings is 1. The molecule has 0 saturated heterocycles. The van der Waals surface area contributed by atoms with E-state index in [1.54, 1.807) is 11.3 Å². The van der Waals surface area contributed by atoms with Gasteiger partial charge in [0.2, 0.25) is 11.8 Å². The Hall–Kier alpha value is -1.87. The molecular formula is C18H25N3O2S. The van der Waals surface area contributed by atoms with Gasteiger partial charge in [0.15, 0.2) is 0 Å². The van der Waals surface area contributed by atoms with Crippen LogP contribution in [0.1, 0.15) is 43.4 Å². The highest BCUT2D eigenvalue weighted by molar-refractivity contribution is 7.09. The largest absolute Gasteiger partial charge is 0.355 e. The Bertz CT molecular complexity index is 559. The van der Waals surface area contributed by atoms with Gasteiger partial charge in [-0.05, 0) is 30.2 Å². The van der Waals surface area contributed by atoms with E-state index in [9.17, 15) is 9.59 Å². The number of nitriles is 1. The molecule has 1 aliphatic carbocycles. The Balaban J connectivity index is 1.88. The quantitative estimate of drug-likeness (QED) is 0.560. The van der Waals surface area contributed by atoms with Crippen LogP contribution >= 0.6 is 11.3 Å². The Kier molecular flexibility index (Phi) is 7.76. The zero-order chi connectivity index (χ0) is 17.2. The van der Waals surface area contributed by atoms with Crippen LogP contribution in [0.2, 0.25) is 0 Å². The molecule has 1 atom stereocenters. The number of amides is 2. The average molecular weight is 347 g/mol. The van der Waals surface area contributed by atoms with Gasteiger partial charge in [0.25, 0.3) is 0 Å². The van der Waals surface area contributed by atoms with Crippen LogP contribution in [0, 0.1) is 23.2 Å². The second-order valence-corrected chi connectivity index (χ2v) is 7.32. The van der Waals surface area contributed by atoms with Crippen LogP contribution in [0.25, 0.3) is 0 Å². The van der Waals surface area contributed by atoms with Crippen molar-refractivity contribution in [3.63, 3.8) is 0 Å². The maximum atomic E-state index is 12.5. The summed E-state index contributed by atoms with van der Waals surface area (Å²) in [6.07, 6.45) is 7.14. The SMILES string of the molecule is N#CCNC(=O)C(CC1CCCCC1)C(=O)NCCc1cccs1. The van der Waals surface area contributed by atoms with Gasteiger partial charge >= 0.3 is 0 Å². The number of hydrogen-bond acceptors (Lipinski definition) is 4. The number of hydrogen-bond donors (Lipinski definition) is 2. The summed E-state index contributed by atoms with van der Waals surface area (Å²) in [5, 5.41) is 16.1. The summed E-state index contributed by atoms with van der Waals surface area (Å²) in [6.45, 7) is 0.481. The van der Waals surface area contributed by atoms with Gasteiger partial charge in [0.1, 0.15) is 12.5 Å². The summed E-state index contributed by atoms with van der Waals surface area (Å²) < 4.78 is 0. The molecule has 24 heavy (non-hydrogen) atoms. The smallest absolute Gasteiger partial charge is 0.233 e. The molecule has 1 unspecified atom stereocenters. The van der Waals surface area contributed by atoms with Crippen molar-refractivity contribution >= 4 is 23.2 Å². The lowest BCUT2D eigenvalue weighted by atomic mass is 9.82. The minimum Gasteiger partial charge on any atom is -0.355 e. The van der Waals surface area contributed by atoms with Crippen molar-refractivity contribution in [1.29, 1.82) is 5.26 Å². The van der Waals surface area contributed by atoms with Crippen molar-refractivity contribution in [2.45, 2.75) is 44.9 Å². The second-order valence-electron chi connectivity index (χ2n) is 6.29. The molecule has 2 N–H and O–H groups in total. The third kappa shape index (κ3) is 5.97. The molecule has 0 aromatic carbocycles. The molecule has 130 valence electrons. The Labute approximate surface area is 147 Å². The van der Waals surface area contributed by atoms with Gasteiger partial charge in [-0.1, -0.05) is 38.2 Å². The van der Waals surface area contributed by atoms with E-state index in [2.05, 4.69) is 10.6 Å². The third-order valence-corrected chi connectivity index (χ3v) is 5.46. The summed E-state index contributed by atoms with van der Waals surface area (Å²) in [7, 11) is 0. The highest BCUT2D eigenvalue weighted by atomic mass is 32.1. The predicted molar refractivity (Wildman–Crippen MR) is 94.3 cm³/mol. The summed E-state index contributed by atoms with van der Waals surface area (Å²) in [5.41, 5.74) is 0. The lowest BCUT2D eigenvalue weighted by molar-refractivity contribution is -0.136. The fraction of sp³-hybridized carbons (Fsp3) is 0.611. The van der Waals surface area contributed by atoms with Crippen LogP contribution in [0.15, 0.2) is 17.5 Å².